The minimum Gasteiger partial charge on any atom is -0.507 e. The van der Waals surface area contributed by atoms with Crippen LogP contribution in [-0.4, -0.2) is 48.6 Å². The van der Waals surface area contributed by atoms with Crippen LogP contribution < -0.4 is 5.32 Å². The summed E-state index contributed by atoms with van der Waals surface area (Å²) in [6, 6.07) is 5.05. The summed E-state index contributed by atoms with van der Waals surface area (Å²) in [5.74, 6) is -0.245. The molecule has 1 fully saturated rings. The van der Waals surface area contributed by atoms with Gasteiger partial charge in [0.25, 0.3) is 0 Å². The van der Waals surface area contributed by atoms with Gasteiger partial charge in [-0.3, -0.25) is 0 Å². The highest BCUT2D eigenvalue weighted by Gasteiger charge is 2.41. The van der Waals surface area contributed by atoms with Crippen LogP contribution in [-0.2, 0) is 0 Å². The van der Waals surface area contributed by atoms with E-state index in [9.17, 15) is 9.50 Å². The molecular formula is C20H19FN6OS. The van der Waals surface area contributed by atoms with Crippen molar-refractivity contribution in [1.82, 2.24) is 30.5 Å². The number of halogens is 1. The Labute approximate surface area is 170 Å². The number of aromatic hydroxyl groups is 1. The number of aromatic nitrogens is 5. The van der Waals surface area contributed by atoms with E-state index < -0.39 is 6.17 Å². The topological polar surface area (TPSA) is 88.8 Å². The van der Waals surface area contributed by atoms with E-state index in [-0.39, 0.29) is 23.8 Å². The Bertz CT molecular complexity index is 1120. The lowest BCUT2D eigenvalue weighted by Gasteiger charge is -2.33. The van der Waals surface area contributed by atoms with Crippen LogP contribution in [0.25, 0.3) is 21.8 Å². The third kappa shape index (κ3) is 3.16. The van der Waals surface area contributed by atoms with Gasteiger partial charge in [0.2, 0.25) is 0 Å². The maximum absolute atomic E-state index is 14.8. The maximum atomic E-state index is 14.8. The predicted octanol–water partition coefficient (Wildman–Crippen LogP) is 3.07. The molecule has 2 bridgehead atoms. The fraction of sp³-hybridized carbons (Fsp3) is 0.300. The molecule has 2 aliphatic heterocycles. The van der Waals surface area contributed by atoms with E-state index in [1.54, 1.807) is 24.4 Å². The standard InChI is InChI=1S/C20H19FN6OS/c1-10-9-22-27(26-10)13-4-5-14(17(28)8-13)20-25-24-19(29-20)11(2)15-7-12-3-6-16(23-12)18(15)21/h3-6,8-9,12,15-16,18,23,28H,2,7H2,1H3/t12-,15+,16+,18+/m0/s1. The van der Waals surface area contributed by atoms with Crippen molar-refractivity contribution in [2.24, 2.45) is 5.92 Å². The number of hydrogen-bond acceptors (Lipinski definition) is 7. The molecule has 0 saturated carbocycles. The summed E-state index contributed by atoms with van der Waals surface area (Å²) in [6.45, 7) is 5.96. The number of phenolic OH excluding ortho intramolecular Hbond substituents is 1. The van der Waals surface area contributed by atoms with E-state index in [1.165, 1.54) is 16.1 Å². The molecule has 148 valence electrons. The summed E-state index contributed by atoms with van der Waals surface area (Å²) in [5.41, 5.74) is 2.65. The summed E-state index contributed by atoms with van der Waals surface area (Å²) in [5, 5.41) is 31.7. The molecule has 1 aromatic carbocycles. The molecule has 2 aliphatic rings. The molecule has 1 saturated heterocycles. The zero-order chi connectivity index (χ0) is 20.1. The minimum atomic E-state index is -1.04. The molecule has 7 nitrogen and oxygen atoms in total. The number of allylic oxidation sites excluding steroid dienone is 1. The van der Waals surface area contributed by atoms with Gasteiger partial charge in [-0.2, -0.15) is 15.0 Å². The van der Waals surface area contributed by atoms with Gasteiger partial charge in [-0.25, -0.2) is 4.39 Å². The van der Waals surface area contributed by atoms with Gasteiger partial charge in [0.15, 0.2) is 5.01 Å². The van der Waals surface area contributed by atoms with Gasteiger partial charge in [0, 0.05) is 18.0 Å². The lowest BCUT2D eigenvalue weighted by Crippen LogP contribution is -2.47. The molecule has 29 heavy (non-hydrogen) atoms. The molecule has 2 N–H and O–H groups in total. The van der Waals surface area contributed by atoms with Crippen LogP contribution in [0.4, 0.5) is 4.39 Å². The van der Waals surface area contributed by atoms with Crippen LogP contribution >= 0.6 is 11.3 Å². The van der Waals surface area contributed by atoms with Crippen LogP contribution in [0.2, 0.25) is 0 Å². The third-order valence-electron chi connectivity index (χ3n) is 5.39. The van der Waals surface area contributed by atoms with Crippen molar-refractivity contribution in [2.75, 3.05) is 0 Å². The summed E-state index contributed by atoms with van der Waals surface area (Å²) in [4.78, 5) is 1.45. The number of benzene rings is 1. The van der Waals surface area contributed by atoms with Crippen LogP contribution in [0.15, 0.2) is 43.1 Å². The second kappa shape index (κ2) is 6.85. The number of aryl methyl sites for hydroxylation is 1. The molecule has 0 radical (unpaired) electrons. The van der Waals surface area contributed by atoms with Crippen molar-refractivity contribution in [3.05, 3.63) is 53.8 Å². The Balaban J connectivity index is 1.39. The molecule has 5 rings (SSSR count). The Morgan fingerprint density at radius 1 is 1.34 bits per heavy atom. The Kier molecular flexibility index (Phi) is 4.29. The number of nitrogens with zero attached hydrogens (tertiary/aromatic N) is 5. The van der Waals surface area contributed by atoms with Crippen LogP contribution in [0.3, 0.4) is 0 Å². The number of nitrogens with one attached hydrogen (secondary N) is 1. The molecule has 0 spiro atoms. The second-order valence-corrected chi connectivity index (χ2v) is 8.36. The number of hydrogen-bond donors (Lipinski definition) is 2. The number of alkyl halides is 1. The molecular weight excluding hydrogens is 391 g/mol. The van der Waals surface area contributed by atoms with E-state index in [2.05, 4.69) is 32.3 Å². The molecule has 0 unspecified atom stereocenters. The Morgan fingerprint density at radius 2 is 2.21 bits per heavy atom. The van der Waals surface area contributed by atoms with Gasteiger partial charge in [-0.1, -0.05) is 30.1 Å². The minimum absolute atomic E-state index is 0.0539. The third-order valence-corrected chi connectivity index (χ3v) is 6.42. The molecule has 4 heterocycles. The number of rotatable bonds is 4. The van der Waals surface area contributed by atoms with E-state index in [0.29, 0.717) is 33.3 Å². The Hall–Kier alpha value is -2.91. The number of fused-ring (bicyclic) bond motifs is 2. The smallest absolute Gasteiger partial charge is 0.151 e. The average Bonchev–Trinajstić information content (AvgIpc) is 3.44. The van der Waals surface area contributed by atoms with Crippen molar-refractivity contribution in [3.63, 3.8) is 0 Å². The largest absolute Gasteiger partial charge is 0.507 e. The molecule has 0 amide bonds. The monoisotopic (exact) mass is 410 g/mol. The first kappa shape index (κ1) is 18.1. The highest BCUT2D eigenvalue weighted by Crippen LogP contribution is 2.40. The van der Waals surface area contributed by atoms with E-state index >= 15 is 0 Å². The summed E-state index contributed by atoms with van der Waals surface area (Å²) >= 11 is 1.31. The predicted molar refractivity (Wildman–Crippen MR) is 109 cm³/mol. The van der Waals surface area contributed by atoms with Gasteiger partial charge in [0.05, 0.1) is 29.2 Å². The van der Waals surface area contributed by atoms with Crippen molar-refractivity contribution in [3.8, 4) is 22.0 Å². The molecule has 9 heteroatoms. The fourth-order valence-corrected chi connectivity index (χ4v) is 4.77. The first-order valence-corrected chi connectivity index (χ1v) is 10.1. The highest BCUT2D eigenvalue weighted by atomic mass is 32.1. The van der Waals surface area contributed by atoms with Gasteiger partial charge >= 0.3 is 0 Å². The first-order chi connectivity index (χ1) is 14.0. The highest BCUT2D eigenvalue weighted by molar-refractivity contribution is 7.15. The van der Waals surface area contributed by atoms with Gasteiger partial charge in [-0.05, 0) is 31.1 Å². The zero-order valence-electron chi connectivity index (χ0n) is 15.7. The van der Waals surface area contributed by atoms with Gasteiger partial charge in [0.1, 0.15) is 16.9 Å². The fourth-order valence-electron chi connectivity index (χ4n) is 3.85. The van der Waals surface area contributed by atoms with Crippen molar-refractivity contribution in [1.29, 1.82) is 0 Å². The summed E-state index contributed by atoms with van der Waals surface area (Å²) < 4.78 is 14.8. The van der Waals surface area contributed by atoms with E-state index in [1.807, 2.05) is 19.1 Å². The number of phenols is 1. The maximum Gasteiger partial charge on any atom is 0.151 e. The average molecular weight is 410 g/mol. The second-order valence-electron chi connectivity index (χ2n) is 7.38. The first-order valence-electron chi connectivity index (χ1n) is 9.33. The van der Waals surface area contributed by atoms with Gasteiger partial charge in [-0.15, -0.1) is 10.2 Å². The Morgan fingerprint density at radius 3 is 2.97 bits per heavy atom. The molecule has 0 aliphatic carbocycles. The van der Waals surface area contributed by atoms with Crippen LogP contribution in [0, 0.1) is 12.8 Å². The lowest BCUT2D eigenvalue weighted by molar-refractivity contribution is 0.179. The normalized spacial score (nSPS) is 25.4. The van der Waals surface area contributed by atoms with E-state index in [4.69, 9.17) is 0 Å². The summed E-state index contributed by atoms with van der Waals surface area (Å²) in [6.07, 6.45) is 5.17. The molecule has 2 aromatic heterocycles. The molecule has 3 aromatic rings. The zero-order valence-corrected chi connectivity index (χ0v) is 16.5. The van der Waals surface area contributed by atoms with Crippen molar-refractivity contribution >= 4 is 16.9 Å². The lowest BCUT2D eigenvalue weighted by atomic mass is 9.85. The van der Waals surface area contributed by atoms with E-state index in [0.717, 1.165) is 5.69 Å². The van der Waals surface area contributed by atoms with Crippen LogP contribution in [0.5, 0.6) is 5.75 Å². The SMILES string of the molecule is C=C(c1nnc(-c2ccc(-n3ncc(C)n3)cc2O)s1)[C@H]1C[C@@H]2C=C[C@@H](N2)[C@@H]1F. The van der Waals surface area contributed by atoms with Gasteiger partial charge < -0.3 is 10.4 Å². The van der Waals surface area contributed by atoms with Crippen LogP contribution in [0.1, 0.15) is 17.1 Å². The number of piperidine rings is 1. The quantitative estimate of drug-likeness (QED) is 0.643. The van der Waals surface area contributed by atoms with Crippen molar-refractivity contribution < 1.29 is 9.50 Å². The molecule has 4 atom stereocenters. The summed E-state index contributed by atoms with van der Waals surface area (Å²) in [7, 11) is 0. The van der Waals surface area contributed by atoms with Crippen molar-refractivity contribution in [2.45, 2.75) is 31.6 Å².